The molecular weight excluding hydrogens is 367 g/mol. The number of benzene rings is 2. The Morgan fingerprint density at radius 3 is 2.59 bits per heavy atom. The van der Waals surface area contributed by atoms with Crippen molar-refractivity contribution < 1.29 is 13.9 Å². The maximum Gasteiger partial charge on any atom is 0.244 e. The van der Waals surface area contributed by atoms with Gasteiger partial charge in [-0.2, -0.15) is 0 Å². The molecule has 3 rings (SSSR count). The molecule has 1 unspecified atom stereocenters. The van der Waals surface area contributed by atoms with E-state index in [1.165, 1.54) is 18.2 Å². The lowest BCUT2D eigenvalue weighted by atomic mass is 10.0. The van der Waals surface area contributed by atoms with Gasteiger partial charge in [0.15, 0.2) is 0 Å². The minimum Gasteiger partial charge on any atom is -0.379 e. The van der Waals surface area contributed by atoms with Gasteiger partial charge in [0.1, 0.15) is 5.82 Å². The fourth-order valence-electron chi connectivity index (χ4n) is 3.07. The van der Waals surface area contributed by atoms with Crippen molar-refractivity contribution in [2.75, 3.05) is 32.8 Å². The number of ether oxygens (including phenoxy) is 1. The van der Waals surface area contributed by atoms with Crippen molar-refractivity contribution in [2.45, 2.75) is 6.04 Å². The van der Waals surface area contributed by atoms with Crippen LogP contribution >= 0.6 is 11.6 Å². The van der Waals surface area contributed by atoms with Crippen molar-refractivity contribution in [3.05, 3.63) is 76.6 Å². The first-order valence-corrected chi connectivity index (χ1v) is 9.29. The number of halogens is 2. The third-order valence-corrected chi connectivity index (χ3v) is 4.86. The van der Waals surface area contributed by atoms with Gasteiger partial charge in [0.05, 0.1) is 19.3 Å². The molecule has 2 aromatic rings. The molecule has 142 valence electrons. The Balaban J connectivity index is 1.66. The second-order valence-electron chi connectivity index (χ2n) is 6.32. The lowest BCUT2D eigenvalue weighted by Crippen LogP contribution is -2.43. The normalized spacial score (nSPS) is 16.4. The van der Waals surface area contributed by atoms with Gasteiger partial charge in [-0.15, -0.1) is 0 Å². The molecule has 0 spiro atoms. The van der Waals surface area contributed by atoms with E-state index < -0.39 is 0 Å². The highest BCUT2D eigenvalue weighted by atomic mass is 35.5. The maximum atomic E-state index is 12.9. The van der Waals surface area contributed by atoms with E-state index in [4.69, 9.17) is 16.3 Å². The van der Waals surface area contributed by atoms with Crippen molar-refractivity contribution in [3.8, 4) is 0 Å². The number of rotatable bonds is 6. The summed E-state index contributed by atoms with van der Waals surface area (Å²) in [5.74, 6) is -0.505. The molecule has 27 heavy (non-hydrogen) atoms. The van der Waals surface area contributed by atoms with E-state index in [2.05, 4.69) is 10.2 Å². The number of morpholine rings is 1. The predicted molar refractivity (Wildman–Crippen MR) is 105 cm³/mol. The Bertz CT molecular complexity index is 789. The second-order valence-corrected chi connectivity index (χ2v) is 6.72. The van der Waals surface area contributed by atoms with Crippen molar-refractivity contribution in [1.29, 1.82) is 0 Å². The largest absolute Gasteiger partial charge is 0.379 e. The molecule has 0 aliphatic carbocycles. The van der Waals surface area contributed by atoms with E-state index in [-0.39, 0.29) is 17.8 Å². The van der Waals surface area contributed by atoms with Gasteiger partial charge < -0.3 is 10.1 Å². The average molecular weight is 389 g/mol. The summed E-state index contributed by atoms with van der Waals surface area (Å²) in [5, 5.41) is 3.63. The Morgan fingerprint density at radius 2 is 1.89 bits per heavy atom. The minimum atomic E-state index is -0.301. The Kier molecular flexibility index (Phi) is 6.98. The standard InChI is InChI=1S/C21H22ClFN2O2/c22-19-4-2-1-3-18(19)20(25-11-13-27-14-12-25)15-24-21(26)10-7-16-5-8-17(23)9-6-16/h1-10,20H,11-15H2,(H,24,26)/b10-7+. The van der Waals surface area contributed by atoms with Crippen molar-refractivity contribution in [3.63, 3.8) is 0 Å². The van der Waals surface area contributed by atoms with Crippen molar-refractivity contribution in [2.24, 2.45) is 0 Å². The Labute approximate surface area is 163 Å². The summed E-state index contributed by atoms with van der Waals surface area (Å²) < 4.78 is 18.4. The van der Waals surface area contributed by atoms with E-state index in [1.54, 1.807) is 18.2 Å². The third-order valence-electron chi connectivity index (χ3n) is 4.52. The van der Waals surface area contributed by atoms with Crippen LogP contribution in [0.1, 0.15) is 17.2 Å². The number of nitrogens with one attached hydrogen (secondary N) is 1. The highest BCUT2D eigenvalue weighted by Gasteiger charge is 2.24. The molecular formula is C21H22ClFN2O2. The van der Waals surface area contributed by atoms with Gasteiger partial charge in [-0.3, -0.25) is 9.69 Å². The summed E-state index contributed by atoms with van der Waals surface area (Å²) in [4.78, 5) is 14.5. The van der Waals surface area contributed by atoms with Crippen LogP contribution in [0.25, 0.3) is 6.08 Å². The van der Waals surface area contributed by atoms with Crippen LogP contribution in [0, 0.1) is 5.82 Å². The zero-order valence-corrected chi connectivity index (χ0v) is 15.7. The van der Waals surface area contributed by atoms with E-state index in [0.717, 1.165) is 24.2 Å². The highest BCUT2D eigenvalue weighted by molar-refractivity contribution is 6.31. The molecule has 1 atom stereocenters. The van der Waals surface area contributed by atoms with Crippen LogP contribution in [0.15, 0.2) is 54.6 Å². The fourth-order valence-corrected chi connectivity index (χ4v) is 3.33. The van der Waals surface area contributed by atoms with Crippen LogP contribution < -0.4 is 5.32 Å². The topological polar surface area (TPSA) is 41.6 Å². The van der Waals surface area contributed by atoms with Gasteiger partial charge in [0, 0.05) is 30.7 Å². The molecule has 2 aromatic carbocycles. The predicted octanol–water partition coefficient (Wildman–Crippen LogP) is 3.68. The molecule has 1 aliphatic heterocycles. The Morgan fingerprint density at radius 1 is 1.19 bits per heavy atom. The first-order chi connectivity index (χ1) is 13.1. The summed E-state index contributed by atoms with van der Waals surface area (Å²) in [6.07, 6.45) is 3.12. The molecule has 0 bridgehead atoms. The number of hydrogen-bond acceptors (Lipinski definition) is 3. The molecule has 6 heteroatoms. The van der Waals surface area contributed by atoms with E-state index >= 15 is 0 Å². The summed E-state index contributed by atoms with van der Waals surface area (Å²) in [6.45, 7) is 3.35. The van der Waals surface area contributed by atoms with E-state index in [0.29, 0.717) is 24.8 Å². The SMILES string of the molecule is O=C(/C=C/c1ccc(F)cc1)NCC(c1ccccc1Cl)N1CCOCC1. The van der Waals surface area contributed by atoms with Gasteiger partial charge in [-0.05, 0) is 35.4 Å². The Hall–Kier alpha value is -2.21. The number of hydrogen-bond donors (Lipinski definition) is 1. The van der Waals surface area contributed by atoms with Crippen LogP contribution in [0.5, 0.6) is 0 Å². The molecule has 0 aromatic heterocycles. The highest BCUT2D eigenvalue weighted by Crippen LogP contribution is 2.27. The fraction of sp³-hybridized carbons (Fsp3) is 0.286. The number of amides is 1. The van der Waals surface area contributed by atoms with Crippen LogP contribution in [0.2, 0.25) is 5.02 Å². The number of nitrogens with zero attached hydrogens (tertiary/aromatic N) is 1. The van der Waals surface area contributed by atoms with E-state index in [9.17, 15) is 9.18 Å². The summed E-state index contributed by atoms with van der Waals surface area (Å²) in [6, 6.07) is 13.7. The molecule has 1 saturated heterocycles. The summed E-state index contributed by atoms with van der Waals surface area (Å²) >= 11 is 6.39. The second kappa shape index (κ2) is 9.65. The first-order valence-electron chi connectivity index (χ1n) is 8.91. The molecule has 0 saturated carbocycles. The van der Waals surface area contributed by atoms with Gasteiger partial charge in [0.2, 0.25) is 5.91 Å². The third kappa shape index (κ3) is 5.63. The van der Waals surface area contributed by atoms with Crippen molar-refractivity contribution in [1.82, 2.24) is 10.2 Å². The molecule has 1 N–H and O–H groups in total. The molecule has 0 radical (unpaired) electrons. The van der Waals surface area contributed by atoms with Gasteiger partial charge in [0.25, 0.3) is 0 Å². The monoisotopic (exact) mass is 388 g/mol. The van der Waals surface area contributed by atoms with Crippen LogP contribution in [0.4, 0.5) is 4.39 Å². The average Bonchev–Trinajstić information content (AvgIpc) is 2.70. The van der Waals surface area contributed by atoms with Gasteiger partial charge >= 0.3 is 0 Å². The molecule has 1 fully saturated rings. The summed E-state index contributed by atoms with van der Waals surface area (Å²) in [5.41, 5.74) is 1.76. The molecule has 1 amide bonds. The van der Waals surface area contributed by atoms with Gasteiger partial charge in [-0.25, -0.2) is 4.39 Å². The molecule has 1 aliphatic rings. The zero-order chi connectivity index (χ0) is 19.1. The van der Waals surface area contributed by atoms with Crippen molar-refractivity contribution >= 4 is 23.6 Å². The van der Waals surface area contributed by atoms with Crippen LogP contribution in [0.3, 0.4) is 0 Å². The summed E-state index contributed by atoms with van der Waals surface area (Å²) in [7, 11) is 0. The maximum absolute atomic E-state index is 12.9. The molecule has 4 nitrogen and oxygen atoms in total. The minimum absolute atomic E-state index is 0.0224. The number of carbonyl (C=O) groups excluding carboxylic acids is 1. The van der Waals surface area contributed by atoms with Crippen LogP contribution in [-0.2, 0) is 9.53 Å². The van der Waals surface area contributed by atoms with E-state index in [1.807, 2.05) is 24.3 Å². The zero-order valence-electron chi connectivity index (χ0n) is 14.9. The quantitative estimate of drug-likeness (QED) is 0.767. The number of carbonyl (C=O) groups is 1. The molecule has 1 heterocycles. The van der Waals surface area contributed by atoms with Crippen LogP contribution in [-0.4, -0.2) is 43.7 Å². The van der Waals surface area contributed by atoms with Gasteiger partial charge in [-0.1, -0.05) is 41.9 Å². The lowest BCUT2D eigenvalue weighted by molar-refractivity contribution is -0.116. The lowest BCUT2D eigenvalue weighted by Gasteiger charge is -2.35. The first kappa shape index (κ1) is 19.5. The smallest absolute Gasteiger partial charge is 0.244 e.